The van der Waals surface area contributed by atoms with Crippen molar-refractivity contribution < 1.29 is 8.42 Å². The van der Waals surface area contributed by atoms with Gasteiger partial charge in [0.15, 0.2) is 0 Å². The maximum atomic E-state index is 13.1. The van der Waals surface area contributed by atoms with E-state index in [0.717, 1.165) is 48.5 Å². The molecule has 2 aliphatic rings. The van der Waals surface area contributed by atoms with Gasteiger partial charge < -0.3 is 4.57 Å². The van der Waals surface area contributed by atoms with Gasteiger partial charge in [0.1, 0.15) is 5.82 Å². The lowest BCUT2D eigenvalue weighted by Crippen LogP contribution is -2.44. The summed E-state index contributed by atoms with van der Waals surface area (Å²) in [5, 5.41) is 4.28. The van der Waals surface area contributed by atoms with Crippen LogP contribution in [0.25, 0.3) is 11.3 Å². The van der Waals surface area contributed by atoms with E-state index in [1.807, 2.05) is 38.6 Å². The normalized spacial score (nSPS) is 19.0. The third-order valence-electron chi connectivity index (χ3n) is 6.45. The fourth-order valence-electron chi connectivity index (χ4n) is 4.80. The summed E-state index contributed by atoms with van der Waals surface area (Å²) in [5.41, 5.74) is 3.10. The molecular formula is C21H25N5O2S. The predicted molar refractivity (Wildman–Crippen MR) is 110 cm³/mol. The lowest BCUT2D eigenvalue weighted by atomic mass is 9.77. The maximum absolute atomic E-state index is 13.1. The van der Waals surface area contributed by atoms with E-state index in [-0.39, 0.29) is 5.41 Å². The van der Waals surface area contributed by atoms with Gasteiger partial charge >= 0.3 is 0 Å². The third kappa shape index (κ3) is 2.93. The van der Waals surface area contributed by atoms with E-state index in [9.17, 15) is 8.42 Å². The molecular weight excluding hydrogens is 386 g/mol. The van der Waals surface area contributed by atoms with Crippen molar-refractivity contribution in [1.29, 1.82) is 0 Å². The standard InChI is InChI=1S/C21H25N5O2S/c1-16-4-3-5-18(12-16)29(27,28)25-9-6-21(7-10-25)8-11-26-19(14-22-20(21)26)17-13-23-24(2)15-17/h3-5,12-15H,6-11H2,1-2H3. The predicted octanol–water partition coefficient (Wildman–Crippen LogP) is 2.72. The smallest absolute Gasteiger partial charge is 0.243 e. The Balaban J connectivity index is 1.39. The molecule has 0 radical (unpaired) electrons. The number of nitrogens with zero attached hydrogens (tertiary/aromatic N) is 5. The minimum atomic E-state index is -3.45. The number of piperidine rings is 1. The Morgan fingerprint density at radius 3 is 2.52 bits per heavy atom. The SMILES string of the molecule is Cc1cccc(S(=O)(=O)N2CCC3(CC2)CCn2c(-c4cnn(C)c4)cnc23)c1. The molecule has 0 bridgehead atoms. The largest absolute Gasteiger partial charge is 0.327 e. The Hall–Kier alpha value is -2.45. The fourth-order valence-corrected chi connectivity index (χ4v) is 6.35. The van der Waals surface area contributed by atoms with Crippen LogP contribution in [0.3, 0.4) is 0 Å². The quantitative estimate of drug-likeness (QED) is 0.664. The van der Waals surface area contributed by atoms with E-state index in [0.29, 0.717) is 18.0 Å². The van der Waals surface area contributed by atoms with Crippen molar-refractivity contribution in [1.82, 2.24) is 23.6 Å². The average Bonchev–Trinajstić information content (AvgIpc) is 3.40. The molecule has 2 aliphatic heterocycles. The first-order chi connectivity index (χ1) is 13.9. The van der Waals surface area contributed by atoms with Crippen molar-refractivity contribution in [3.05, 3.63) is 54.2 Å². The van der Waals surface area contributed by atoms with Crippen LogP contribution in [0.1, 0.15) is 30.7 Å². The molecule has 1 fully saturated rings. The van der Waals surface area contributed by atoms with Gasteiger partial charge in [-0.1, -0.05) is 12.1 Å². The number of hydrogen-bond acceptors (Lipinski definition) is 4. The van der Waals surface area contributed by atoms with Crippen LogP contribution in [-0.4, -0.2) is 45.1 Å². The van der Waals surface area contributed by atoms with Gasteiger partial charge in [-0.15, -0.1) is 0 Å². The molecule has 152 valence electrons. The number of rotatable bonds is 3. The Bertz CT molecular complexity index is 1170. The lowest BCUT2D eigenvalue weighted by Gasteiger charge is -2.37. The highest BCUT2D eigenvalue weighted by atomic mass is 32.2. The molecule has 0 amide bonds. The van der Waals surface area contributed by atoms with Gasteiger partial charge in [0, 0.05) is 43.9 Å². The van der Waals surface area contributed by atoms with Crippen molar-refractivity contribution >= 4 is 10.0 Å². The van der Waals surface area contributed by atoms with Gasteiger partial charge in [0.2, 0.25) is 10.0 Å². The third-order valence-corrected chi connectivity index (χ3v) is 8.35. The van der Waals surface area contributed by atoms with E-state index >= 15 is 0 Å². The summed E-state index contributed by atoms with van der Waals surface area (Å²) in [4.78, 5) is 5.16. The summed E-state index contributed by atoms with van der Waals surface area (Å²) in [7, 11) is -1.53. The highest BCUT2D eigenvalue weighted by Gasteiger charge is 2.45. The number of benzene rings is 1. The van der Waals surface area contributed by atoms with Crippen LogP contribution in [0.2, 0.25) is 0 Å². The number of aromatic nitrogens is 4. The second-order valence-electron chi connectivity index (χ2n) is 8.27. The summed E-state index contributed by atoms with van der Waals surface area (Å²) in [6.45, 7) is 3.91. The maximum Gasteiger partial charge on any atom is 0.243 e. The fraction of sp³-hybridized carbons (Fsp3) is 0.429. The lowest BCUT2D eigenvalue weighted by molar-refractivity contribution is 0.228. The number of fused-ring (bicyclic) bond motifs is 2. The van der Waals surface area contributed by atoms with Crippen molar-refractivity contribution in [3.63, 3.8) is 0 Å². The first-order valence-corrected chi connectivity index (χ1v) is 11.4. The van der Waals surface area contributed by atoms with Crippen LogP contribution >= 0.6 is 0 Å². The molecule has 2 aromatic heterocycles. The first-order valence-electron chi connectivity index (χ1n) is 10.0. The van der Waals surface area contributed by atoms with Crippen molar-refractivity contribution in [2.75, 3.05) is 13.1 Å². The zero-order chi connectivity index (χ0) is 20.2. The molecule has 1 spiro atoms. The molecule has 0 N–H and O–H groups in total. The molecule has 4 heterocycles. The molecule has 7 nitrogen and oxygen atoms in total. The zero-order valence-electron chi connectivity index (χ0n) is 16.7. The minimum Gasteiger partial charge on any atom is -0.327 e. The van der Waals surface area contributed by atoms with Gasteiger partial charge in [-0.2, -0.15) is 9.40 Å². The molecule has 3 aromatic rings. The summed E-state index contributed by atoms with van der Waals surface area (Å²) >= 11 is 0. The van der Waals surface area contributed by atoms with Gasteiger partial charge in [-0.25, -0.2) is 13.4 Å². The summed E-state index contributed by atoms with van der Waals surface area (Å²) in [6, 6.07) is 7.17. The van der Waals surface area contributed by atoms with E-state index < -0.39 is 10.0 Å². The molecule has 0 saturated carbocycles. The van der Waals surface area contributed by atoms with Crippen molar-refractivity contribution in [3.8, 4) is 11.3 Å². The van der Waals surface area contributed by atoms with Gasteiger partial charge in [-0.05, 0) is 43.9 Å². The summed E-state index contributed by atoms with van der Waals surface area (Å²) in [5.74, 6) is 1.10. The summed E-state index contributed by atoms with van der Waals surface area (Å²) in [6.07, 6.45) is 8.44. The van der Waals surface area contributed by atoms with Crippen LogP contribution in [0.5, 0.6) is 0 Å². The van der Waals surface area contributed by atoms with Gasteiger partial charge in [-0.3, -0.25) is 4.68 Å². The Labute approximate surface area is 171 Å². The number of sulfonamides is 1. The number of imidazole rings is 1. The van der Waals surface area contributed by atoms with E-state index in [1.54, 1.807) is 27.2 Å². The summed E-state index contributed by atoms with van der Waals surface area (Å²) < 4.78 is 31.9. The number of aryl methyl sites for hydroxylation is 2. The van der Waals surface area contributed by atoms with Crippen LogP contribution in [0.4, 0.5) is 0 Å². The Morgan fingerprint density at radius 1 is 1.07 bits per heavy atom. The van der Waals surface area contributed by atoms with Crippen LogP contribution in [0.15, 0.2) is 47.8 Å². The zero-order valence-corrected chi connectivity index (χ0v) is 17.6. The molecule has 1 saturated heterocycles. The second kappa shape index (κ2) is 6.53. The highest BCUT2D eigenvalue weighted by Crippen LogP contribution is 2.45. The van der Waals surface area contributed by atoms with E-state index in [1.165, 1.54) is 0 Å². The van der Waals surface area contributed by atoms with Crippen LogP contribution < -0.4 is 0 Å². The van der Waals surface area contributed by atoms with Crippen LogP contribution in [0, 0.1) is 6.92 Å². The molecule has 5 rings (SSSR count). The van der Waals surface area contributed by atoms with Gasteiger partial charge in [0.05, 0.1) is 23.0 Å². The molecule has 1 aromatic carbocycles. The van der Waals surface area contributed by atoms with Crippen molar-refractivity contribution in [2.45, 2.75) is 43.0 Å². The average molecular weight is 412 g/mol. The molecule has 0 aliphatic carbocycles. The highest BCUT2D eigenvalue weighted by molar-refractivity contribution is 7.89. The first kappa shape index (κ1) is 18.6. The van der Waals surface area contributed by atoms with E-state index in [4.69, 9.17) is 4.98 Å². The number of hydrogen-bond donors (Lipinski definition) is 0. The topological polar surface area (TPSA) is 73.0 Å². The Kier molecular flexibility index (Phi) is 4.18. The van der Waals surface area contributed by atoms with Gasteiger partial charge in [0.25, 0.3) is 0 Å². The van der Waals surface area contributed by atoms with Crippen LogP contribution in [-0.2, 0) is 29.0 Å². The second-order valence-corrected chi connectivity index (χ2v) is 10.2. The van der Waals surface area contributed by atoms with Crippen molar-refractivity contribution in [2.24, 2.45) is 7.05 Å². The molecule has 29 heavy (non-hydrogen) atoms. The monoisotopic (exact) mass is 411 g/mol. The minimum absolute atomic E-state index is 0.0287. The molecule has 0 unspecified atom stereocenters. The Morgan fingerprint density at radius 2 is 1.83 bits per heavy atom. The van der Waals surface area contributed by atoms with E-state index in [2.05, 4.69) is 9.67 Å². The molecule has 8 heteroatoms. The molecule has 0 atom stereocenters.